The van der Waals surface area contributed by atoms with Gasteiger partial charge in [0.25, 0.3) is 0 Å². The Morgan fingerprint density at radius 2 is 1.50 bits per heavy atom. The molecule has 3 aromatic carbocycles. The molecule has 1 atom stereocenters. The highest BCUT2D eigenvalue weighted by atomic mass is 19.4. The number of alkyl halides is 3. The summed E-state index contributed by atoms with van der Waals surface area (Å²) < 4.78 is 38.3. The smallest absolute Gasteiger partial charge is 0.398 e. The Labute approximate surface area is 187 Å². The summed E-state index contributed by atoms with van der Waals surface area (Å²) in [6, 6.07) is 24.1. The molecule has 1 aliphatic rings. The number of benzene rings is 3. The summed E-state index contributed by atoms with van der Waals surface area (Å²) in [4.78, 5) is 2.30. The maximum Gasteiger partial charge on any atom is 0.416 e. The van der Waals surface area contributed by atoms with Crippen molar-refractivity contribution >= 4 is 5.69 Å². The molecule has 0 amide bonds. The number of halogens is 3. The largest absolute Gasteiger partial charge is 0.416 e. The molecule has 6 heteroatoms. The summed E-state index contributed by atoms with van der Waals surface area (Å²) in [5.74, 6) is 0. The van der Waals surface area contributed by atoms with E-state index in [4.69, 9.17) is 5.73 Å². The molecule has 32 heavy (non-hydrogen) atoms. The summed E-state index contributed by atoms with van der Waals surface area (Å²) in [7, 11) is 0. The van der Waals surface area contributed by atoms with Gasteiger partial charge in [-0.3, -0.25) is 4.90 Å². The fourth-order valence-electron chi connectivity index (χ4n) is 4.34. The number of likely N-dealkylation sites (tertiary alicyclic amines) is 1. The Morgan fingerprint density at radius 3 is 2.12 bits per heavy atom. The van der Waals surface area contributed by atoms with Crippen molar-refractivity contribution in [2.45, 2.75) is 37.6 Å². The van der Waals surface area contributed by atoms with Crippen molar-refractivity contribution in [3.05, 3.63) is 101 Å². The van der Waals surface area contributed by atoms with Crippen LogP contribution in [0.1, 0.15) is 41.1 Å². The van der Waals surface area contributed by atoms with Crippen LogP contribution in [-0.4, -0.2) is 24.0 Å². The van der Waals surface area contributed by atoms with Crippen LogP contribution in [0.25, 0.3) is 0 Å². The Kier molecular flexibility index (Phi) is 6.82. The Balaban J connectivity index is 1.38. The lowest BCUT2D eigenvalue weighted by Crippen LogP contribution is -2.43. The number of nitrogens with one attached hydrogen (secondary N) is 1. The van der Waals surface area contributed by atoms with Gasteiger partial charge in [0.1, 0.15) is 0 Å². The number of nitrogens with two attached hydrogens (primary N) is 1. The van der Waals surface area contributed by atoms with E-state index in [0.29, 0.717) is 12.6 Å². The van der Waals surface area contributed by atoms with E-state index in [-0.39, 0.29) is 6.04 Å². The zero-order chi connectivity index (χ0) is 22.6. The predicted octanol–water partition coefficient (Wildman–Crippen LogP) is 5.63. The third-order valence-electron chi connectivity index (χ3n) is 6.12. The minimum atomic E-state index is -4.29. The van der Waals surface area contributed by atoms with Crippen LogP contribution in [-0.2, 0) is 12.7 Å². The fourth-order valence-corrected chi connectivity index (χ4v) is 4.34. The molecule has 0 aromatic heterocycles. The lowest BCUT2D eigenvalue weighted by Gasteiger charge is -2.35. The maximum atomic E-state index is 12.8. The second-order valence-corrected chi connectivity index (χ2v) is 8.38. The molecule has 1 saturated heterocycles. The molecule has 1 aliphatic heterocycles. The number of piperidine rings is 1. The number of nitrogens with zero attached hydrogens (tertiary/aromatic N) is 1. The van der Waals surface area contributed by atoms with Gasteiger partial charge in [-0.25, -0.2) is 0 Å². The van der Waals surface area contributed by atoms with Gasteiger partial charge in [0, 0.05) is 18.3 Å². The van der Waals surface area contributed by atoms with Crippen LogP contribution >= 0.6 is 0 Å². The van der Waals surface area contributed by atoms with Crippen LogP contribution in [0.3, 0.4) is 0 Å². The monoisotopic (exact) mass is 439 g/mol. The zero-order valence-corrected chi connectivity index (χ0v) is 17.9. The van der Waals surface area contributed by atoms with Crippen molar-refractivity contribution in [1.82, 2.24) is 10.2 Å². The molecule has 168 valence electrons. The molecule has 1 heterocycles. The number of nitrogen functional groups attached to an aromatic ring is 1. The van der Waals surface area contributed by atoms with Crippen LogP contribution in [0.4, 0.5) is 18.9 Å². The van der Waals surface area contributed by atoms with Crippen molar-refractivity contribution in [2.75, 3.05) is 18.8 Å². The van der Waals surface area contributed by atoms with Gasteiger partial charge in [-0.1, -0.05) is 60.7 Å². The Morgan fingerprint density at radius 1 is 0.875 bits per heavy atom. The van der Waals surface area contributed by atoms with E-state index in [9.17, 15) is 13.2 Å². The number of anilines is 1. The molecule has 4 rings (SSSR count). The first-order chi connectivity index (χ1) is 15.4. The molecule has 1 fully saturated rings. The van der Waals surface area contributed by atoms with Crippen LogP contribution < -0.4 is 11.1 Å². The first-order valence-corrected chi connectivity index (χ1v) is 10.9. The van der Waals surface area contributed by atoms with E-state index in [0.717, 1.165) is 42.7 Å². The van der Waals surface area contributed by atoms with Crippen molar-refractivity contribution in [2.24, 2.45) is 0 Å². The van der Waals surface area contributed by atoms with E-state index in [2.05, 4.69) is 28.4 Å². The fraction of sp³-hybridized carbons (Fsp3) is 0.308. The average molecular weight is 440 g/mol. The molecule has 0 radical (unpaired) electrons. The summed E-state index contributed by atoms with van der Waals surface area (Å²) in [5, 5.41) is 3.81. The molecule has 3 aromatic rings. The SMILES string of the molecule is Nc1ccccc1C(NC1CCN(Cc2ccc(C(F)(F)F)cc2)CC1)c1ccccc1. The van der Waals surface area contributed by atoms with E-state index >= 15 is 0 Å². The molecule has 3 nitrogen and oxygen atoms in total. The van der Waals surface area contributed by atoms with Gasteiger partial charge >= 0.3 is 6.18 Å². The summed E-state index contributed by atoms with van der Waals surface area (Å²) >= 11 is 0. The third kappa shape index (κ3) is 5.50. The molecule has 1 unspecified atom stereocenters. The second kappa shape index (κ2) is 9.76. The summed E-state index contributed by atoms with van der Waals surface area (Å²) in [6.45, 7) is 2.45. The topological polar surface area (TPSA) is 41.3 Å². The zero-order valence-electron chi connectivity index (χ0n) is 17.9. The number of para-hydroxylation sites is 1. The number of hydrogen-bond donors (Lipinski definition) is 2. The first kappa shape index (κ1) is 22.4. The highest BCUT2D eigenvalue weighted by Crippen LogP contribution is 2.30. The molecule has 0 aliphatic carbocycles. The minimum absolute atomic E-state index is 0.0175. The highest BCUT2D eigenvalue weighted by Gasteiger charge is 2.30. The van der Waals surface area contributed by atoms with E-state index in [1.54, 1.807) is 12.1 Å². The molecular weight excluding hydrogens is 411 g/mol. The standard InChI is InChI=1S/C26H28F3N3/c27-26(28,29)21-12-10-19(11-13-21)18-32-16-14-22(15-17-32)31-25(20-6-2-1-3-7-20)23-8-4-5-9-24(23)30/h1-13,22,25,31H,14-18,30H2. The van der Waals surface area contributed by atoms with E-state index < -0.39 is 11.7 Å². The van der Waals surface area contributed by atoms with Crippen molar-refractivity contribution < 1.29 is 13.2 Å². The van der Waals surface area contributed by atoms with Gasteiger partial charge in [0.2, 0.25) is 0 Å². The van der Waals surface area contributed by atoms with Crippen LogP contribution in [0.5, 0.6) is 0 Å². The summed E-state index contributed by atoms with van der Waals surface area (Å²) in [6.07, 6.45) is -2.35. The van der Waals surface area contributed by atoms with Crippen LogP contribution in [0.2, 0.25) is 0 Å². The third-order valence-corrected chi connectivity index (χ3v) is 6.12. The van der Waals surface area contributed by atoms with Gasteiger partial charge in [0.05, 0.1) is 11.6 Å². The highest BCUT2D eigenvalue weighted by molar-refractivity contribution is 5.51. The Hall–Kier alpha value is -2.83. The van der Waals surface area contributed by atoms with Crippen molar-refractivity contribution in [3.63, 3.8) is 0 Å². The molecule has 0 spiro atoms. The summed E-state index contributed by atoms with van der Waals surface area (Å²) in [5.41, 5.74) is 9.62. The molecule has 0 saturated carbocycles. The van der Waals surface area contributed by atoms with Gasteiger partial charge in [-0.2, -0.15) is 13.2 Å². The normalized spacial score (nSPS) is 16.7. The minimum Gasteiger partial charge on any atom is -0.398 e. The van der Waals surface area contributed by atoms with Gasteiger partial charge < -0.3 is 11.1 Å². The van der Waals surface area contributed by atoms with Crippen molar-refractivity contribution in [1.29, 1.82) is 0 Å². The van der Waals surface area contributed by atoms with E-state index in [1.807, 2.05) is 36.4 Å². The van der Waals surface area contributed by atoms with Crippen molar-refractivity contribution in [3.8, 4) is 0 Å². The van der Waals surface area contributed by atoms with E-state index in [1.165, 1.54) is 17.7 Å². The Bertz CT molecular complexity index is 995. The van der Waals surface area contributed by atoms with Gasteiger partial charge in [-0.05, 0) is 60.8 Å². The first-order valence-electron chi connectivity index (χ1n) is 10.9. The quantitative estimate of drug-likeness (QED) is 0.489. The predicted molar refractivity (Wildman–Crippen MR) is 122 cm³/mol. The van der Waals surface area contributed by atoms with Gasteiger partial charge in [-0.15, -0.1) is 0 Å². The van der Waals surface area contributed by atoms with Gasteiger partial charge in [0.15, 0.2) is 0 Å². The maximum absolute atomic E-state index is 12.8. The number of hydrogen-bond acceptors (Lipinski definition) is 3. The molecule has 0 bridgehead atoms. The lowest BCUT2D eigenvalue weighted by molar-refractivity contribution is -0.137. The van der Waals surface area contributed by atoms with Crippen LogP contribution in [0, 0.1) is 0 Å². The molecule has 3 N–H and O–H groups in total. The van der Waals surface area contributed by atoms with Crippen LogP contribution in [0.15, 0.2) is 78.9 Å². The molecular formula is C26H28F3N3. The average Bonchev–Trinajstić information content (AvgIpc) is 2.79. The number of rotatable bonds is 6. The second-order valence-electron chi connectivity index (χ2n) is 8.38. The lowest BCUT2D eigenvalue weighted by atomic mass is 9.94.